The van der Waals surface area contributed by atoms with Crippen LogP contribution in [0.2, 0.25) is 0 Å². The molecule has 0 atom stereocenters. The molecular weight excluding hydrogens is 323 g/mol. The van der Waals surface area contributed by atoms with Crippen molar-refractivity contribution in [3.63, 3.8) is 0 Å². The Balaban J connectivity index is 1.81. The van der Waals surface area contributed by atoms with E-state index < -0.39 is 0 Å². The van der Waals surface area contributed by atoms with Crippen molar-refractivity contribution in [3.8, 4) is 11.5 Å². The van der Waals surface area contributed by atoms with Crippen LogP contribution in [0.15, 0.2) is 36.4 Å². The first-order chi connectivity index (χ1) is 12.1. The molecule has 0 radical (unpaired) electrons. The van der Waals surface area contributed by atoms with Crippen LogP contribution in [0.5, 0.6) is 11.5 Å². The molecule has 0 amide bonds. The number of ether oxygens (including phenoxy) is 2. The van der Waals surface area contributed by atoms with E-state index in [0.29, 0.717) is 52.7 Å². The molecule has 0 fully saturated rings. The number of methoxy groups -OCH3 is 2. The molecule has 0 saturated carbocycles. The fourth-order valence-electron chi connectivity index (χ4n) is 2.57. The van der Waals surface area contributed by atoms with Gasteiger partial charge in [0.1, 0.15) is 11.6 Å². The molecule has 130 valence electrons. The third-order valence-corrected chi connectivity index (χ3v) is 3.87. The van der Waals surface area contributed by atoms with E-state index in [-0.39, 0.29) is 5.82 Å². The SMILES string of the molecule is COc1cc2nc(NCCc3ccccc3F)nc(N)c2cc1OC. The van der Waals surface area contributed by atoms with Crippen molar-refractivity contribution in [3.05, 3.63) is 47.8 Å². The summed E-state index contributed by atoms with van der Waals surface area (Å²) in [4.78, 5) is 8.69. The Morgan fingerprint density at radius 1 is 1.08 bits per heavy atom. The van der Waals surface area contributed by atoms with Crippen LogP contribution in [0.25, 0.3) is 10.9 Å². The van der Waals surface area contributed by atoms with Gasteiger partial charge in [-0.1, -0.05) is 18.2 Å². The number of fused-ring (bicyclic) bond motifs is 1. The maximum absolute atomic E-state index is 13.6. The second-order valence-electron chi connectivity index (χ2n) is 5.42. The Hall–Kier alpha value is -3.09. The monoisotopic (exact) mass is 342 g/mol. The summed E-state index contributed by atoms with van der Waals surface area (Å²) in [5.41, 5.74) is 7.30. The third-order valence-electron chi connectivity index (χ3n) is 3.87. The highest BCUT2D eigenvalue weighted by molar-refractivity contribution is 5.91. The second-order valence-corrected chi connectivity index (χ2v) is 5.42. The second kappa shape index (κ2) is 7.21. The summed E-state index contributed by atoms with van der Waals surface area (Å²) < 4.78 is 24.2. The summed E-state index contributed by atoms with van der Waals surface area (Å²) in [5, 5.41) is 3.76. The van der Waals surface area contributed by atoms with E-state index in [1.807, 2.05) is 6.07 Å². The van der Waals surface area contributed by atoms with E-state index in [1.165, 1.54) is 6.07 Å². The highest BCUT2D eigenvalue weighted by Gasteiger charge is 2.11. The molecule has 3 aromatic rings. The van der Waals surface area contributed by atoms with E-state index in [1.54, 1.807) is 38.5 Å². The zero-order valence-corrected chi connectivity index (χ0v) is 14.0. The molecule has 7 heteroatoms. The summed E-state index contributed by atoms with van der Waals surface area (Å²) in [7, 11) is 3.11. The number of rotatable bonds is 6. The van der Waals surface area contributed by atoms with Gasteiger partial charge in [0.05, 0.1) is 19.7 Å². The normalized spacial score (nSPS) is 10.7. The lowest BCUT2D eigenvalue weighted by Crippen LogP contribution is -2.10. The minimum Gasteiger partial charge on any atom is -0.493 e. The molecule has 0 aliphatic heterocycles. The van der Waals surface area contributed by atoms with E-state index in [2.05, 4.69) is 15.3 Å². The van der Waals surface area contributed by atoms with Gasteiger partial charge in [0, 0.05) is 18.0 Å². The van der Waals surface area contributed by atoms with Crippen LogP contribution in [0.4, 0.5) is 16.2 Å². The quantitative estimate of drug-likeness (QED) is 0.716. The van der Waals surface area contributed by atoms with Crippen molar-refractivity contribution in [1.82, 2.24) is 9.97 Å². The number of nitrogen functional groups attached to an aromatic ring is 1. The summed E-state index contributed by atoms with van der Waals surface area (Å²) in [6.45, 7) is 0.485. The van der Waals surface area contributed by atoms with Gasteiger partial charge in [0.2, 0.25) is 5.95 Å². The number of benzene rings is 2. The van der Waals surface area contributed by atoms with Crippen LogP contribution in [0.3, 0.4) is 0 Å². The van der Waals surface area contributed by atoms with Crippen molar-refractivity contribution in [2.24, 2.45) is 0 Å². The first kappa shape index (κ1) is 16.8. The van der Waals surface area contributed by atoms with Gasteiger partial charge in [-0.2, -0.15) is 4.98 Å². The number of halogens is 1. The molecule has 6 nitrogen and oxygen atoms in total. The number of nitrogens with zero attached hydrogens (tertiary/aromatic N) is 2. The predicted octanol–water partition coefficient (Wildman–Crippen LogP) is 3.02. The maximum Gasteiger partial charge on any atom is 0.225 e. The number of nitrogens with one attached hydrogen (secondary N) is 1. The van der Waals surface area contributed by atoms with Crippen molar-refractivity contribution < 1.29 is 13.9 Å². The van der Waals surface area contributed by atoms with Crippen molar-refractivity contribution >= 4 is 22.7 Å². The Morgan fingerprint density at radius 2 is 1.80 bits per heavy atom. The average Bonchev–Trinajstić information content (AvgIpc) is 2.62. The third kappa shape index (κ3) is 3.55. The Kier molecular flexibility index (Phi) is 4.83. The molecule has 3 rings (SSSR count). The maximum atomic E-state index is 13.6. The van der Waals surface area contributed by atoms with Crippen molar-refractivity contribution in [2.45, 2.75) is 6.42 Å². The minimum absolute atomic E-state index is 0.222. The van der Waals surface area contributed by atoms with Crippen LogP contribution in [-0.4, -0.2) is 30.7 Å². The largest absolute Gasteiger partial charge is 0.493 e. The Morgan fingerprint density at radius 3 is 2.52 bits per heavy atom. The van der Waals surface area contributed by atoms with Gasteiger partial charge in [-0.3, -0.25) is 0 Å². The standard InChI is InChI=1S/C18H19FN4O2/c1-24-15-9-12-14(10-16(15)25-2)22-18(23-17(12)20)21-8-7-11-5-3-4-6-13(11)19/h3-6,9-10H,7-8H2,1-2H3,(H3,20,21,22,23). The molecule has 1 aromatic heterocycles. The Bertz CT molecular complexity index is 902. The fourth-order valence-corrected chi connectivity index (χ4v) is 2.57. The smallest absolute Gasteiger partial charge is 0.225 e. The van der Waals surface area contributed by atoms with Crippen LogP contribution in [0, 0.1) is 5.82 Å². The summed E-state index contributed by atoms with van der Waals surface area (Å²) in [6.07, 6.45) is 0.514. The lowest BCUT2D eigenvalue weighted by atomic mass is 10.1. The highest BCUT2D eigenvalue weighted by Crippen LogP contribution is 2.33. The van der Waals surface area contributed by atoms with Gasteiger partial charge in [-0.05, 0) is 24.1 Å². The van der Waals surface area contributed by atoms with E-state index >= 15 is 0 Å². The number of aromatic nitrogens is 2. The van der Waals surface area contributed by atoms with E-state index in [0.717, 1.165) is 0 Å². The molecular formula is C18H19FN4O2. The summed E-state index contributed by atoms with van der Waals surface area (Å²) >= 11 is 0. The number of anilines is 2. The van der Waals surface area contributed by atoms with Gasteiger partial charge in [0.15, 0.2) is 11.5 Å². The molecule has 1 heterocycles. The molecule has 0 saturated heterocycles. The van der Waals surface area contributed by atoms with Gasteiger partial charge in [-0.15, -0.1) is 0 Å². The van der Waals surface area contributed by atoms with E-state index in [4.69, 9.17) is 15.2 Å². The molecule has 0 bridgehead atoms. The molecule has 25 heavy (non-hydrogen) atoms. The van der Waals surface area contributed by atoms with Crippen LogP contribution >= 0.6 is 0 Å². The summed E-state index contributed by atoms with van der Waals surface area (Å²) in [5.74, 6) is 1.61. The topological polar surface area (TPSA) is 82.3 Å². The predicted molar refractivity (Wildman–Crippen MR) is 95.6 cm³/mol. The van der Waals surface area contributed by atoms with Crippen LogP contribution in [0.1, 0.15) is 5.56 Å². The Labute approximate surface area is 144 Å². The minimum atomic E-state index is -0.222. The highest BCUT2D eigenvalue weighted by atomic mass is 19.1. The van der Waals surface area contributed by atoms with Crippen LogP contribution in [-0.2, 0) is 6.42 Å². The van der Waals surface area contributed by atoms with Gasteiger partial charge < -0.3 is 20.5 Å². The molecule has 0 aliphatic rings. The zero-order valence-electron chi connectivity index (χ0n) is 14.0. The number of hydrogen-bond donors (Lipinski definition) is 2. The van der Waals surface area contributed by atoms with E-state index in [9.17, 15) is 4.39 Å². The first-order valence-corrected chi connectivity index (χ1v) is 7.79. The lowest BCUT2D eigenvalue weighted by Gasteiger charge is -2.11. The van der Waals surface area contributed by atoms with Crippen molar-refractivity contribution in [1.29, 1.82) is 0 Å². The van der Waals surface area contributed by atoms with Gasteiger partial charge in [0.25, 0.3) is 0 Å². The van der Waals surface area contributed by atoms with Gasteiger partial charge >= 0.3 is 0 Å². The molecule has 0 unspecified atom stereocenters. The molecule has 0 spiro atoms. The van der Waals surface area contributed by atoms with Gasteiger partial charge in [-0.25, -0.2) is 9.37 Å². The number of hydrogen-bond acceptors (Lipinski definition) is 6. The molecule has 0 aliphatic carbocycles. The lowest BCUT2D eigenvalue weighted by molar-refractivity contribution is 0.356. The first-order valence-electron chi connectivity index (χ1n) is 7.79. The average molecular weight is 342 g/mol. The van der Waals surface area contributed by atoms with Crippen molar-refractivity contribution in [2.75, 3.05) is 31.8 Å². The molecule has 3 N–H and O–H groups in total. The van der Waals surface area contributed by atoms with Crippen LogP contribution < -0.4 is 20.5 Å². The molecule has 2 aromatic carbocycles. The number of nitrogens with two attached hydrogens (primary N) is 1. The summed E-state index contributed by atoms with van der Waals surface area (Å²) in [6, 6.07) is 10.2. The fraction of sp³-hybridized carbons (Fsp3) is 0.222. The zero-order chi connectivity index (χ0) is 17.8.